The first-order valence-electron chi connectivity index (χ1n) is 14.0. The van der Waals surface area contributed by atoms with E-state index in [1.165, 1.54) is 26.3 Å². The van der Waals surface area contributed by atoms with Crippen LogP contribution in [0.5, 0.6) is 0 Å². The van der Waals surface area contributed by atoms with Gasteiger partial charge in [-0.2, -0.15) is 0 Å². The molecule has 42 heavy (non-hydrogen) atoms. The summed E-state index contributed by atoms with van der Waals surface area (Å²) >= 11 is 0. The quantitative estimate of drug-likeness (QED) is 0.253. The largest absolute Gasteiger partial charge is 0.455 e. The lowest BCUT2D eigenvalue weighted by Gasteiger charge is -2.67. The van der Waals surface area contributed by atoms with Gasteiger partial charge in [-0.3, -0.25) is 9.59 Å². The predicted molar refractivity (Wildman–Crippen MR) is 157 cm³/mol. The Morgan fingerprint density at radius 3 is 2.43 bits per heavy atom. The summed E-state index contributed by atoms with van der Waals surface area (Å²) in [4.78, 5) is 38.2. The van der Waals surface area contributed by atoms with E-state index in [-0.39, 0.29) is 17.4 Å². The molecule has 216 valence electrons. The van der Waals surface area contributed by atoms with Gasteiger partial charge in [0.25, 0.3) is 11.8 Å². The van der Waals surface area contributed by atoms with Crippen LogP contribution in [0.2, 0.25) is 0 Å². The summed E-state index contributed by atoms with van der Waals surface area (Å²) < 4.78 is 24.6. The minimum atomic E-state index is -0.544. The molecule has 0 radical (unpaired) electrons. The van der Waals surface area contributed by atoms with Gasteiger partial charge in [-0.25, -0.2) is 9.18 Å². The molecule has 4 aromatic rings. The van der Waals surface area contributed by atoms with Crippen LogP contribution in [0.15, 0.2) is 65.1 Å². The maximum Gasteiger partial charge on any atom is 0.406 e. The van der Waals surface area contributed by atoms with Gasteiger partial charge in [-0.1, -0.05) is 19.1 Å². The second-order valence-corrected chi connectivity index (χ2v) is 11.2. The predicted octanol–water partition coefficient (Wildman–Crippen LogP) is 5.69. The topological polar surface area (TPSA) is 110 Å². The minimum Gasteiger partial charge on any atom is -0.455 e. The zero-order valence-electron chi connectivity index (χ0n) is 23.7. The molecule has 3 amide bonds. The van der Waals surface area contributed by atoms with E-state index in [1.54, 1.807) is 18.2 Å². The highest BCUT2D eigenvalue weighted by Crippen LogP contribution is 2.61. The number of hydrogen-bond acceptors (Lipinski definition) is 5. The molecule has 2 bridgehead atoms. The molecule has 9 heteroatoms. The number of benzene rings is 3. The van der Waals surface area contributed by atoms with E-state index in [0.29, 0.717) is 58.2 Å². The second kappa shape index (κ2) is 10.6. The van der Waals surface area contributed by atoms with E-state index in [1.807, 2.05) is 30.3 Å². The Balaban J connectivity index is 1.44. The molecular formula is C33H32FN3O5. The summed E-state index contributed by atoms with van der Waals surface area (Å²) in [5.41, 5.74) is 4.24. The number of halogens is 1. The van der Waals surface area contributed by atoms with Gasteiger partial charge in [-0.05, 0) is 96.3 Å². The molecule has 0 saturated heterocycles. The first-order chi connectivity index (χ1) is 20.2. The van der Waals surface area contributed by atoms with Gasteiger partial charge in [0.05, 0.1) is 12.7 Å². The number of carbonyl (C=O) groups excluding carboxylic acids is 3. The van der Waals surface area contributed by atoms with Crippen LogP contribution in [0.25, 0.3) is 33.4 Å². The first-order valence-corrected chi connectivity index (χ1v) is 14.0. The number of rotatable bonds is 8. The zero-order chi connectivity index (χ0) is 29.6. The van der Waals surface area contributed by atoms with Crippen molar-refractivity contribution in [2.75, 3.05) is 20.7 Å². The van der Waals surface area contributed by atoms with Crippen LogP contribution in [-0.2, 0) is 11.2 Å². The Hall–Kier alpha value is -4.66. The monoisotopic (exact) mass is 569 g/mol. The van der Waals surface area contributed by atoms with Crippen molar-refractivity contribution in [3.05, 3.63) is 83.2 Å². The molecular weight excluding hydrogens is 537 g/mol. The maximum atomic E-state index is 13.7. The SMILES string of the molecule is CNC(=O)c1c(-c2ccc(F)cc2)oc2cc(CCNC(=O)OC)c(-c3cccc(C(=O)NC45CC(C4)[C@H]5C)c3)cc12. The fourth-order valence-electron chi connectivity index (χ4n) is 6.26. The van der Waals surface area contributed by atoms with Crippen molar-refractivity contribution in [3.8, 4) is 22.5 Å². The molecule has 1 aromatic heterocycles. The highest BCUT2D eigenvalue weighted by molar-refractivity contribution is 6.12. The number of carbonyl (C=O) groups is 3. The molecule has 1 heterocycles. The Bertz CT molecular complexity index is 1700. The summed E-state index contributed by atoms with van der Waals surface area (Å²) in [5, 5.41) is 9.23. The van der Waals surface area contributed by atoms with Crippen molar-refractivity contribution in [1.82, 2.24) is 16.0 Å². The van der Waals surface area contributed by atoms with E-state index < -0.39 is 11.9 Å². The molecule has 1 atom stereocenters. The number of methoxy groups -OCH3 is 1. The van der Waals surface area contributed by atoms with Crippen LogP contribution in [0.4, 0.5) is 9.18 Å². The van der Waals surface area contributed by atoms with E-state index in [9.17, 15) is 18.8 Å². The van der Waals surface area contributed by atoms with Gasteiger partial charge in [0, 0.05) is 35.6 Å². The van der Waals surface area contributed by atoms with E-state index in [2.05, 4.69) is 22.9 Å². The maximum absolute atomic E-state index is 13.7. The third-order valence-electron chi connectivity index (χ3n) is 8.95. The van der Waals surface area contributed by atoms with Gasteiger partial charge >= 0.3 is 6.09 Å². The summed E-state index contributed by atoms with van der Waals surface area (Å²) in [6.07, 6.45) is 1.96. The third-order valence-corrected chi connectivity index (χ3v) is 8.95. The first kappa shape index (κ1) is 27.5. The lowest BCUT2D eigenvalue weighted by Crippen LogP contribution is -2.74. The van der Waals surface area contributed by atoms with Gasteiger partial charge in [0.2, 0.25) is 0 Å². The van der Waals surface area contributed by atoms with Crippen molar-refractivity contribution in [2.45, 2.75) is 31.7 Å². The number of amides is 3. The number of hydrogen-bond donors (Lipinski definition) is 3. The zero-order valence-corrected chi connectivity index (χ0v) is 23.7. The third kappa shape index (κ3) is 4.68. The van der Waals surface area contributed by atoms with Crippen molar-refractivity contribution >= 4 is 28.9 Å². The van der Waals surface area contributed by atoms with Crippen molar-refractivity contribution in [3.63, 3.8) is 0 Å². The van der Waals surface area contributed by atoms with Crippen LogP contribution in [0.3, 0.4) is 0 Å². The number of ether oxygens (including phenoxy) is 1. The molecule has 0 aliphatic heterocycles. The molecule has 3 aliphatic carbocycles. The second-order valence-electron chi connectivity index (χ2n) is 11.2. The van der Waals surface area contributed by atoms with Crippen LogP contribution >= 0.6 is 0 Å². The average Bonchev–Trinajstić information content (AvgIpc) is 3.36. The number of nitrogens with one attached hydrogen (secondary N) is 3. The van der Waals surface area contributed by atoms with Gasteiger partial charge in [-0.15, -0.1) is 0 Å². The smallest absolute Gasteiger partial charge is 0.406 e. The molecule has 8 nitrogen and oxygen atoms in total. The molecule has 3 fully saturated rings. The highest BCUT2D eigenvalue weighted by Gasteiger charge is 2.63. The highest BCUT2D eigenvalue weighted by atomic mass is 19.1. The van der Waals surface area contributed by atoms with E-state index in [0.717, 1.165) is 29.5 Å². The van der Waals surface area contributed by atoms with Gasteiger partial charge < -0.3 is 25.1 Å². The molecule has 3 N–H and O–H groups in total. The van der Waals surface area contributed by atoms with E-state index in [4.69, 9.17) is 9.15 Å². The average molecular weight is 570 g/mol. The molecule has 3 aromatic carbocycles. The van der Waals surface area contributed by atoms with Gasteiger partial charge in [0.1, 0.15) is 17.2 Å². The lowest BCUT2D eigenvalue weighted by atomic mass is 9.43. The number of fused-ring (bicyclic) bond motifs is 1. The van der Waals surface area contributed by atoms with Crippen LogP contribution in [-0.4, -0.2) is 44.1 Å². The van der Waals surface area contributed by atoms with Crippen molar-refractivity contribution in [1.29, 1.82) is 0 Å². The molecule has 0 spiro atoms. The Morgan fingerprint density at radius 1 is 1.02 bits per heavy atom. The Labute approximate surface area is 242 Å². The number of alkyl carbamates (subject to hydrolysis) is 1. The molecule has 3 saturated carbocycles. The van der Waals surface area contributed by atoms with Crippen LogP contribution in [0.1, 0.15) is 46.0 Å². The van der Waals surface area contributed by atoms with Crippen LogP contribution in [0, 0.1) is 17.7 Å². The Morgan fingerprint density at radius 2 is 1.79 bits per heavy atom. The number of furan rings is 1. The normalized spacial score (nSPS) is 20.3. The fraction of sp³-hybridized carbons (Fsp3) is 0.303. The minimum absolute atomic E-state index is 0.0860. The summed E-state index contributed by atoms with van der Waals surface area (Å²) in [7, 11) is 2.84. The summed E-state index contributed by atoms with van der Waals surface area (Å²) in [6.45, 7) is 2.48. The summed E-state index contributed by atoms with van der Waals surface area (Å²) in [6, 6.07) is 16.9. The standard InChI is InChI=1S/C33H32FN3O5/c1-18-23-16-33(18,17-23)37-30(38)22-6-4-5-20(13-22)25-15-26-27(14-21(25)11-12-36-32(40)41-3)42-29(28(26)31(39)35-2)19-7-9-24(34)10-8-19/h4-10,13-15,18,23H,11-12,16-17H2,1-3H3,(H,35,39)(H,36,40)(H,37,38)/t18-,23?,33?/m1/s1. The van der Waals surface area contributed by atoms with Crippen molar-refractivity contribution in [2.24, 2.45) is 11.8 Å². The Kier molecular flexibility index (Phi) is 6.96. The van der Waals surface area contributed by atoms with Gasteiger partial charge in [0.15, 0.2) is 0 Å². The fourth-order valence-corrected chi connectivity index (χ4v) is 6.26. The molecule has 3 aliphatic rings. The van der Waals surface area contributed by atoms with Crippen molar-refractivity contribution < 1.29 is 27.9 Å². The summed E-state index contributed by atoms with van der Waals surface area (Å²) in [5.74, 6) is 0.686. The lowest BCUT2D eigenvalue weighted by molar-refractivity contribution is -0.118. The molecule has 0 unspecified atom stereocenters. The van der Waals surface area contributed by atoms with Crippen LogP contribution < -0.4 is 16.0 Å². The van der Waals surface area contributed by atoms with E-state index >= 15 is 0 Å². The molecule has 7 rings (SSSR count).